The number of benzene rings is 1. The van der Waals surface area contributed by atoms with Crippen LogP contribution in [0.5, 0.6) is 0 Å². The lowest BCUT2D eigenvalue weighted by molar-refractivity contribution is -0.151. The molecule has 1 aliphatic rings. The molecule has 4 nitrogen and oxygen atoms in total. The summed E-state index contributed by atoms with van der Waals surface area (Å²) >= 11 is 0. The van der Waals surface area contributed by atoms with Crippen LogP contribution >= 0.6 is 0 Å². The average molecular weight is 273 g/mol. The molecule has 2 rings (SSSR count). The minimum absolute atomic E-state index is 0.0140. The van der Waals surface area contributed by atoms with Crippen LogP contribution in [0.1, 0.15) is 23.2 Å². The summed E-state index contributed by atoms with van der Waals surface area (Å²) in [4.78, 5) is 11.5. The standard InChI is InChI=1S/C12H14F3N3O/c1-17-10(19)7-2-3-8(16)9(6-7)18-11(4-5-11)12(13,14)15/h2-3,6,18H,4-5,16H2,1H3,(H,17,19). The Balaban J connectivity index is 2.28. The number of hydrogen-bond donors (Lipinski definition) is 3. The number of hydrogen-bond acceptors (Lipinski definition) is 3. The molecule has 0 heterocycles. The third-order valence-electron chi connectivity index (χ3n) is 3.21. The molecule has 1 amide bonds. The topological polar surface area (TPSA) is 67.2 Å². The van der Waals surface area contributed by atoms with Crippen molar-refractivity contribution in [3.63, 3.8) is 0 Å². The maximum Gasteiger partial charge on any atom is 0.411 e. The van der Waals surface area contributed by atoms with Gasteiger partial charge in [0.2, 0.25) is 0 Å². The second-order valence-corrected chi connectivity index (χ2v) is 4.59. The molecule has 0 saturated heterocycles. The Morgan fingerprint density at radius 3 is 2.47 bits per heavy atom. The van der Waals surface area contributed by atoms with Crippen LogP contribution in [0.2, 0.25) is 0 Å². The number of rotatable bonds is 3. The summed E-state index contributed by atoms with van der Waals surface area (Å²) in [6.07, 6.45) is -4.30. The number of amides is 1. The van der Waals surface area contributed by atoms with E-state index >= 15 is 0 Å². The summed E-state index contributed by atoms with van der Waals surface area (Å²) in [5.74, 6) is -0.375. The van der Waals surface area contributed by atoms with Gasteiger partial charge in [-0.15, -0.1) is 0 Å². The van der Waals surface area contributed by atoms with E-state index in [1.165, 1.54) is 25.2 Å². The molecule has 0 aromatic heterocycles. The highest BCUT2D eigenvalue weighted by molar-refractivity contribution is 5.96. The molecule has 1 aliphatic carbocycles. The van der Waals surface area contributed by atoms with Crippen LogP contribution in [0.15, 0.2) is 18.2 Å². The molecule has 104 valence electrons. The number of carbonyl (C=O) groups is 1. The zero-order valence-corrected chi connectivity index (χ0v) is 10.3. The first-order valence-corrected chi connectivity index (χ1v) is 5.75. The van der Waals surface area contributed by atoms with E-state index in [0.717, 1.165) is 0 Å². The average Bonchev–Trinajstić information content (AvgIpc) is 3.11. The zero-order chi connectivity index (χ0) is 14.3. The van der Waals surface area contributed by atoms with Gasteiger partial charge in [-0.05, 0) is 31.0 Å². The Morgan fingerprint density at radius 2 is 2.00 bits per heavy atom. The highest BCUT2D eigenvalue weighted by Gasteiger charge is 2.63. The second-order valence-electron chi connectivity index (χ2n) is 4.59. The predicted molar refractivity (Wildman–Crippen MR) is 65.9 cm³/mol. The van der Waals surface area contributed by atoms with E-state index in [1.807, 2.05) is 0 Å². The molecule has 19 heavy (non-hydrogen) atoms. The third kappa shape index (κ3) is 2.45. The Bertz CT molecular complexity index is 509. The van der Waals surface area contributed by atoms with Gasteiger partial charge < -0.3 is 16.4 Å². The highest BCUT2D eigenvalue weighted by atomic mass is 19.4. The van der Waals surface area contributed by atoms with E-state index in [0.29, 0.717) is 0 Å². The number of nitrogens with one attached hydrogen (secondary N) is 2. The Kier molecular flexibility index (Phi) is 3.07. The molecule has 0 radical (unpaired) electrons. The summed E-state index contributed by atoms with van der Waals surface area (Å²) in [5.41, 5.74) is 4.33. The van der Waals surface area contributed by atoms with Gasteiger partial charge in [0, 0.05) is 12.6 Å². The molecule has 0 spiro atoms. The van der Waals surface area contributed by atoms with Crippen molar-refractivity contribution >= 4 is 17.3 Å². The van der Waals surface area contributed by atoms with Crippen LogP contribution in [0, 0.1) is 0 Å². The van der Waals surface area contributed by atoms with Crippen molar-refractivity contribution in [2.24, 2.45) is 0 Å². The third-order valence-corrected chi connectivity index (χ3v) is 3.21. The molecule has 7 heteroatoms. The van der Waals surface area contributed by atoms with Crippen molar-refractivity contribution in [1.82, 2.24) is 5.32 Å². The number of anilines is 2. The summed E-state index contributed by atoms with van der Waals surface area (Å²) in [5, 5.41) is 4.83. The zero-order valence-electron chi connectivity index (χ0n) is 10.3. The summed E-state index contributed by atoms with van der Waals surface area (Å²) in [6, 6.07) is 4.21. The molecule has 0 bridgehead atoms. The van der Waals surface area contributed by atoms with Gasteiger partial charge in [-0.1, -0.05) is 0 Å². The monoisotopic (exact) mass is 273 g/mol. The number of carbonyl (C=O) groups excluding carboxylic acids is 1. The maximum atomic E-state index is 12.9. The smallest absolute Gasteiger partial charge is 0.397 e. The molecule has 0 atom stereocenters. The van der Waals surface area contributed by atoms with Gasteiger partial charge in [0.1, 0.15) is 5.54 Å². The highest BCUT2D eigenvalue weighted by Crippen LogP contribution is 2.51. The molecular weight excluding hydrogens is 259 g/mol. The van der Waals surface area contributed by atoms with Gasteiger partial charge in [-0.3, -0.25) is 4.79 Å². The van der Waals surface area contributed by atoms with E-state index in [9.17, 15) is 18.0 Å². The maximum absolute atomic E-state index is 12.9. The number of halogens is 3. The lowest BCUT2D eigenvalue weighted by Gasteiger charge is -2.23. The van der Waals surface area contributed by atoms with Crippen LogP contribution < -0.4 is 16.4 Å². The first-order valence-electron chi connectivity index (χ1n) is 5.75. The van der Waals surface area contributed by atoms with E-state index in [-0.39, 0.29) is 35.7 Å². The summed E-state index contributed by atoms with van der Waals surface area (Å²) < 4.78 is 38.6. The van der Waals surface area contributed by atoms with E-state index in [4.69, 9.17) is 5.73 Å². The predicted octanol–water partition coefficient (Wildman–Crippen LogP) is 2.14. The van der Waals surface area contributed by atoms with Gasteiger partial charge >= 0.3 is 6.18 Å². The number of nitrogens with two attached hydrogens (primary N) is 1. The molecule has 1 fully saturated rings. The van der Waals surface area contributed by atoms with Gasteiger partial charge in [-0.2, -0.15) is 13.2 Å². The first-order chi connectivity index (χ1) is 8.79. The molecule has 1 aromatic carbocycles. The van der Waals surface area contributed by atoms with Gasteiger partial charge in [0.15, 0.2) is 0 Å². The van der Waals surface area contributed by atoms with Crippen molar-refractivity contribution in [1.29, 1.82) is 0 Å². The molecule has 1 aromatic rings. The van der Waals surface area contributed by atoms with Gasteiger partial charge in [0.25, 0.3) is 5.91 Å². The van der Waals surface area contributed by atoms with Gasteiger partial charge in [0.05, 0.1) is 11.4 Å². The fraction of sp³-hybridized carbons (Fsp3) is 0.417. The summed E-state index contributed by atoms with van der Waals surface area (Å²) in [6.45, 7) is 0. The molecule has 0 unspecified atom stereocenters. The van der Waals surface area contributed by atoms with Crippen molar-refractivity contribution in [2.75, 3.05) is 18.1 Å². The fourth-order valence-corrected chi connectivity index (χ4v) is 1.81. The second kappa shape index (κ2) is 4.32. The van der Waals surface area contributed by atoms with E-state index in [2.05, 4.69) is 10.6 Å². The summed E-state index contributed by atoms with van der Waals surface area (Å²) in [7, 11) is 1.45. The van der Waals surface area contributed by atoms with Crippen molar-refractivity contribution < 1.29 is 18.0 Å². The Hall–Kier alpha value is -1.92. The van der Waals surface area contributed by atoms with Crippen LogP contribution in [-0.2, 0) is 0 Å². The normalized spacial score (nSPS) is 16.8. The Morgan fingerprint density at radius 1 is 1.37 bits per heavy atom. The molecular formula is C12H14F3N3O. The molecule has 0 aliphatic heterocycles. The number of alkyl halides is 3. The van der Waals surface area contributed by atoms with E-state index in [1.54, 1.807) is 0 Å². The van der Waals surface area contributed by atoms with Crippen molar-refractivity contribution in [2.45, 2.75) is 24.6 Å². The van der Waals surface area contributed by atoms with Crippen LogP contribution in [0.25, 0.3) is 0 Å². The first kappa shape index (κ1) is 13.5. The van der Waals surface area contributed by atoms with Crippen LogP contribution in [0.3, 0.4) is 0 Å². The van der Waals surface area contributed by atoms with Crippen LogP contribution in [-0.4, -0.2) is 24.7 Å². The van der Waals surface area contributed by atoms with E-state index < -0.39 is 11.7 Å². The lowest BCUT2D eigenvalue weighted by atomic mass is 10.1. The SMILES string of the molecule is CNC(=O)c1ccc(N)c(NC2(C(F)(F)F)CC2)c1. The Labute approximate surface area is 108 Å². The molecule has 4 N–H and O–H groups in total. The largest absolute Gasteiger partial charge is 0.411 e. The van der Waals surface area contributed by atoms with Crippen molar-refractivity contribution in [3.8, 4) is 0 Å². The van der Waals surface area contributed by atoms with Crippen LogP contribution in [0.4, 0.5) is 24.5 Å². The van der Waals surface area contributed by atoms with Crippen molar-refractivity contribution in [3.05, 3.63) is 23.8 Å². The lowest BCUT2D eigenvalue weighted by Crippen LogP contribution is -2.38. The molecule has 1 saturated carbocycles. The minimum Gasteiger partial charge on any atom is -0.397 e. The fourth-order valence-electron chi connectivity index (χ4n) is 1.81. The quantitative estimate of drug-likeness (QED) is 0.739. The minimum atomic E-state index is -4.33. The van der Waals surface area contributed by atoms with Gasteiger partial charge in [-0.25, -0.2) is 0 Å². The number of nitrogen functional groups attached to an aromatic ring is 1.